The highest BCUT2D eigenvalue weighted by atomic mass is 16.3. The topological polar surface area (TPSA) is 46.0 Å². The van der Waals surface area contributed by atoms with Crippen LogP contribution < -0.4 is 0 Å². The van der Waals surface area contributed by atoms with E-state index in [2.05, 4.69) is 9.97 Å². The average molecular weight is 264 g/mol. The lowest BCUT2D eigenvalue weighted by molar-refractivity contribution is 0.172. The van der Waals surface area contributed by atoms with E-state index in [1.165, 1.54) is 0 Å². The molecular weight excluding hydrogens is 248 g/mol. The van der Waals surface area contributed by atoms with Crippen molar-refractivity contribution in [3.05, 3.63) is 71.7 Å². The number of aliphatic hydroxyl groups excluding tert-OH is 1. The Labute approximate surface area is 117 Å². The minimum absolute atomic E-state index is 0.473. The zero-order valence-corrected chi connectivity index (χ0v) is 11.3. The molecule has 0 aliphatic rings. The first-order valence-corrected chi connectivity index (χ1v) is 6.68. The van der Waals surface area contributed by atoms with Crippen LogP contribution >= 0.6 is 0 Å². The Bertz CT molecular complexity index is 722. The van der Waals surface area contributed by atoms with Crippen LogP contribution in [-0.4, -0.2) is 15.1 Å². The average Bonchev–Trinajstić information content (AvgIpc) is 2.48. The van der Waals surface area contributed by atoms with Crippen molar-refractivity contribution in [1.29, 1.82) is 0 Å². The summed E-state index contributed by atoms with van der Waals surface area (Å²) in [6, 6.07) is 15.8. The van der Waals surface area contributed by atoms with E-state index in [-0.39, 0.29) is 0 Å². The Morgan fingerprint density at radius 1 is 1.05 bits per heavy atom. The van der Waals surface area contributed by atoms with Gasteiger partial charge in [-0.3, -0.25) is 9.97 Å². The number of aliphatic hydroxyl groups is 1. The van der Waals surface area contributed by atoms with Gasteiger partial charge in [-0.05, 0) is 30.7 Å². The largest absolute Gasteiger partial charge is 0.386 e. The van der Waals surface area contributed by atoms with Gasteiger partial charge in [-0.25, -0.2) is 0 Å². The van der Waals surface area contributed by atoms with Gasteiger partial charge in [0.25, 0.3) is 0 Å². The number of hydrogen-bond acceptors (Lipinski definition) is 3. The van der Waals surface area contributed by atoms with Crippen LogP contribution in [0.5, 0.6) is 0 Å². The van der Waals surface area contributed by atoms with Crippen molar-refractivity contribution in [3.63, 3.8) is 0 Å². The highest BCUT2D eigenvalue weighted by Crippen LogP contribution is 2.18. The Balaban J connectivity index is 1.83. The normalized spacial score (nSPS) is 12.5. The van der Waals surface area contributed by atoms with Gasteiger partial charge in [-0.15, -0.1) is 0 Å². The van der Waals surface area contributed by atoms with E-state index < -0.39 is 6.10 Å². The zero-order chi connectivity index (χ0) is 13.9. The van der Waals surface area contributed by atoms with Crippen LogP contribution in [0.2, 0.25) is 0 Å². The molecule has 3 nitrogen and oxygen atoms in total. The second-order valence-corrected chi connectivity index (χ2v) is 4.98. The van der Waals surface area contributed by atoms with E-state index >= 15 is 0 Å². The number of para-hydroxylation sites is 1. The van der Waals surface area contributed by atoms with Gasteiger partial charge in [0, 0.05) is 23.7 Å². The molecule has 1 atom stereocenters. The highest BCUT2D eigenvalue weighted by molar-refractivity contribution is 5.78. The molecular formula is C17H16N2O. The molecule has 20 heavy (non-hydrogen) atoms. The molecule has 0 saturated heterocycles. The number of hydrogen-bond donors (Lipinski definition) is 1. The predicted molar refractivity (Wildman–Crippen MR) is 79.4 cm³/mol. The predicted octanol–water partition coefficient (Wildman–Crippen LogP) is 3.21. The monoisotopic (exact) mass is 264 g/mol. The van der Waals surface area contributed by atoms with E-state index in [1.54, 1.807) is 6.20 Å². The Kier molecular flexibility index (Phi) is 3.44. The standard InChI is InChI=1S/C17H16N2O/c1-12-6-9-16(18-11-12)17(20)10-14-8-7-13-4-2-3-5-15(13)19-14/h2-9,11,17,20H,10H2,1H3. The van der Waals surface area contributed by atoms with E-state index in [9.17, 15) is 5.11 Å². The third kappa shape index (κ3) is 2.68. The summed E-state index contributed by atoms with van der Waals surface area (Å²) in [7, 11) is 0. The smallest absolute Gasteiger partial charge is 0.101 e. The third-order valence-corrected chi connectivity index (χ3v) is 3.33. The van der Waals surface area contributed by atoms with Crippen molar-refractivity contribution in [2.45, 2.75) is 19.4 Å². The molecule has 0 spiro atoms. The molecule has 0 aliphatic carbocycles. The quantitative estimate of drug-likeness (QED) is 0.790. The first-order valence-electron chi connectivity index (χ1n) is 6.68. The summed E-state index contributed by atoms with van der Waals surface area (Å²) in [5.41, 5.74) is 3.60. The van der Waals surface area contributed by atoms with Crippen molar-refractivity contribution in [3.8, 4) is 0 Å². The van der Waals surface area contributed by atoms with Gasteiger partial charge in [0.1, 0.15) is 6.10 Å². The summed E-state index contributed by atoms with van der Waals surface area (Å²) in [6.45, 7) is 1.98. The molecule has 1 aromatic carbocycles. The fraction of sp³-hybridized carbons (Fsp3) is 0.176. The molecule has 0 saturated carbocycles. The molecule has 0 bridgehead atoms. The van der Waals surface area contributed by atoms with Gasteiger partial charge in [-0.1, -0.05) is 30.3 Å². The fourth-order valence-electron chi connectivity index (χ4n) is 2.20. The molecule has 0 radical (unpaired) electrons. The Hall–Kier alpha value is -2.26. The van der Waals surface area contributed by atoms with Crippen LogP contribution in [0.1, 0.15) is 23.1 Å². The highest BCUT2D eigenvalue weighted by Gasteiger charge is 2.11. The van der Waals surface area contributed by atoms with Crippen molar-refractivity contribution in [2.75, 3.05) is 0 Å². The second kappa shape index (κ2) is 5.39. The molecule has 100 valence electrons. The molecule has 1 unspecified atom stereocenters. The minimum atomic E-state index is -0.621. The summed E-state index contributed by atoms with van der Waals surface area (Å²) >= 11 is 0. The first kappa shape index (κ1) is 12.8. The fourth-order valence-corrected chi connectivity index (χ4v) is 2.20. The Morgan fingerprint density at radius 3 is 2.70 bits per heavy atom. The molecule has 3 aromatic rings. The second-order valence-electron chi connectivity index (χ2n) is 4.98. The summed E-state index contributed by atoms with van der Waals surface area (Å²) in [5, 5.41) is 11.3. The van der Waals surface area contributed by atoms with Crippen molar-refractivity contribution in [2.24, 2.45) is 0 Å². The van der Waals surface area contributed by atoms with E-state index in [4.69, 9.17) is 0 Å². The maximum atomic E-state index is 10.2. The van der Waals surface area contributed by atoms with Crippen LogP contribution in [0.4, 0.5) is 0 Å². The number of pyridine rings is 2. The van der Waals surface area contributed by atoms with Gasteiger partial charge in [-0.2, -0.15) is 0 Å². The third-order valence-electron chi connectivity index (χ3n) is 3.33. The maximum Gasteiger partial charge on any atom is 0.101 e. The summed E-state index contributed by atoms with van der Waals surface area (Å²) in [6.07, 6.45) is 1.62. The number of rotatable bonds is 3. The first-order chi connectivity index (χ1) is 9.72. The molecule has 0 aliphatic heterocycles. The van der Waals surface area contributed by atoms with Gasteiger partial charge in [0.2, 0.25) is 0 Å². The molecule has 3 heteroatoms. The maximum absolute atomic E-state index is 10.2. The van der Waals surface area contributed by atoms with Gasteiger partial charge in [0.15, 0.2) is 0 Å². The molecule has 3 rings (SSSR count). The van der Waals surface area contributed by atoms with E-state index in [0.29, 0.717) is 12.1 Å². The summed E-state index contributed by atoms with van der Waals surface area (Å²) in [5.74, 6) is 0. The number of aryl methyl sites for hydroxylation is 1. The lowest BCUT2D eigenvalue weighted by Gasteiger charge is -2.10. The van der Waals surface area contributed by atoms with Crippen LogP contribution in [0.15, 0.2) is 54.7 Å². The molecule has 0 amide bonds. The van der Waals surface area contributed by atoms with Gasteiger partial charge >= 0.3 is 0 Å². The van der Waals surface area contributed by atoms with Crippen LogP contribution in [0, 0.1) is 6.92 Å². The molecule has 2 heterocycles. The number of aromatic nitrogens is 2. The van der Waals surface area contributed by atoms with Crippen LogP contribution in [0.3, 0.4) is 0 Å². The SMILES string of the molecule is Cc1ccc(C(O)Cc2ccc3ccccc3n2)nc1. The lowest BCUT2D eigenvalue weighted by Crippen LogP contribution is -2.05. The minimum Gasteiger partial charge on any atom is -0.386 e. The molecule has 1 N–H and O–H groups in total. The number of fused-ring (bicyclic) bond motifs is 1. The molecule has 2 aromatic heterocycles. The number of benzene rings is 1. The summed E-state index contributed by atoms with van der Waals surface area (Å²) in [4.78, 5) is 8.83. The van der Waals surface area contributed by atoms with Gasteiger partial charge in [0.05, 0.1) is 11.2 Å². The van der Waals surface area contributed by atoms with E-state index in [0.717, 1.165) is 22.2 Å². The van der Waals surface area contributed by atoms with Crippen molar-refractivity contribution < 1.29 is 5.11 Å². The van der Waals surface area contributed by atoms with Crippen molar-refractivity contribution in [1.82, 2.24) is 9.97 Å². The molecule has 0 fully saturated rings. The lowest BCUT2D eigenvalue weighted by atomic mass is 10.1. The van der Waals surface area contributed by atoms with Crippen LogP contribution in [-0.2, 0) is 6.42 Å². The number of nitrogens with zero attached hydrogens (tertiary/aromatic N) is 2. The van der Waals surface area contributed by atoms with Crippen LogP contribution in [0.25, 0.3) is 10.9 Å². The van der Waals surface area contributed by atoms with Crippen molar-refractivity contribution >= 4 is 10.9 Å². The summed E-state index contributed by atoms with van der Waals surface area (Å²) < 4.78 is 0. The van der Waals surface area contributed by atoms with Gasteiger partial charge < -0.3 is 5.11 Å². The van der Waals surface area contributed by atoms with E-state index in [1.807, 2.05) is 55.5 Å². The Morgan fingerprint density at radius 2 is 1.90 bits per heavy atom. The zero-order valence-electron chi connectivity index (χ0n) is 11.3.